The molecular formula is C14H23NO3. The summed E-state index contributed by atoms with van der Waals surface area (Å²) >= 11 is 0. The Bertz CT molecular complexity index is 385. The fourth-order valence-electron chi connectivity index (χ4n) is 1.63. The molecule has 102 valence electrons. The van der Waals surface area contributed by atoms with Gasteiger partial charge in [-0.2, -0.15) is 0 Å². The highest BCUT2D eigenvalue weighted by atomic mass is 16.7. The molecule has 0 aromatic heterocycles. The highest BCUT2D eigenvalue weighted by Gasteiger charge is 2.27. The van der Waals surface area contributed by atoms with Crippen molar-refractivity contribution in [2.75, 3.05) is 14.2 Å². The van der Waals surface area contributed by atoms with E-state index >= 15 is 0 Å². The zero-order valence-electron chi connectivity index (χ0n) is 11.8. The lowest BCUT2D eigenvalue weighted by atomic mass is 9.96. The van der Waals surface area contributed by atoms with Gasteiger partial charge in [0.05, 0.1) is 7.11 Å². The van der Waals surface area contributed by atoms with Crippen LogP contribution in [0.2, 0.25) is 0 Å². The lowest BCUT2D eigenvalue weighted by Gasteiger charge is -2.30. The zero-order chi connectivity index (χ0) is 13.8. The highest BCUT2D eigenvalue weighted by Crippen LogP contribution is 2.32. The van der Waals surface area contributed by atoms with Crippen LogP contribution < -0.4 is 15.2 Å². The van der Waals surface area contributed by atoms with Crippen molar-refractivity contribution in [3.63, 3.8) is 0 Å². The van der Waals surface area contributed by atoms with Gasteiger partial charge in [0, 0.05) is 19.1 Å². The molecule has 2 N–H and O–H groups in total. The molecule has 1 rings (SSSR count). The van der Waals surface area contributed by atoms with Crippen molar-refractivity contribution in [2.45, 2.75) is 33.6 Å². The van der Waals surface area contributed by atoms with E-state index in [0.717, 1.165) is 5.56 Å². The number of ether oxygens (including phenoxy) is 3. The van der Waals surface area contributed by atoms with Gasteiger partial charge in [0.15, 0.2) is 11.5 Å². The molecule has 0 spiro atoms. The van der Waals surface area contributed by atoms with E-state index in [9.17, 15) is 0 Å². The molecule has 0 radical (unpaired) electrons. The summed E-state index contributed by atoms with van der Waals surface area (Å²) < 4.78 is 16.6. The van der Waals surface area contributed by atoms with Crippen LogP contribution >= 0.6 is 0 Å². The Kier molecular flexibility index (Phi) is 4.99. The molecule has 0 fully saturated rings. The second kappa shape index (κ2) is 6.07. The largest absolute Gasteiger partial charge is 0.493 e. The summed E-state index contributed by atoms with van der Waals surface area (Å²) in [5.41, 5.74) is 6.50. The summed E-state index contributed by atoms with van der Waals surface area (Å²) in [7, 11) is 3.25. The first-order valence-corrected chi connectivity index (χ1v) is 5.98. The summed E-state index contributed by atoms with van der Waals surface area (Å²) in [6, 6.07) is 5.66. The summed E-state index contributed by atoms with van der Waals surface area (Å²) in [5.74, 6) is 1.33. The third-order valence-corrected chi connectivity index (χ3v) is 2.62. The number of benzene rings is 1. The van der Waals surface area contributed by atoms with Crippen LogP contribution in [0, 0.1) is 5.41 Å². The van der Waals surface area contributed by atoms with Gasteiger partial charge in [-0.25, -0.2) is 0 Å². The molecule has 0 aliphatic rings. The fraction of sp³-hybridized carbons (Fsp3) is 0.571. The standard InChI is InChI=1S/C14H23NO3/c1-14(2,3)13(17-5)18-12-8-10(9-15)6-7-11(12)16-4/h6-8,13H,9,15H2,1-5H3. The molecule has 0 saturated heterocycles. The van der Waals surface area contributed by atoms with E-state index in [-0.39, 0.29) is 11.7 Å². The average Bonchev–Trinajstić information content (AvgIpc) is 2.34. The molecule has 0 heterocycles. The zero-order valence-corrected chi connectivity index (χ0v) is 11.8. The van der Waals surface area contributed by atoms with E-state index in [1.807, 2.05) is 18.2 Å². The van der Waals surface area contributed by atoms with Gasteiger partial charge in [0.25, 0.3) is 0 Å². The normalized spacial score (nSPS) is 13.2. The first-order chi connectivity index (χ1) is 8.42. The molecule has 1 atom stereocenters. The van der Waals surface area contributed by atoms with Crippen LogP contribution in [0.4, 0.5) is 0 Å². The Morgan fingerprint density at radius 1 is 1.17 bits per heavy atom. The van der Waals surface area contributed by atoms with Gasteiger partial charge in [-0.3, -0.25) is 0 Å². The van der Waals surface area contributed by atoms with Gasteiger partial charge < -0.3 is 19.9 Å². The third kappa shape index (κ3) is 3.62. The van der Waals surface area contributed by atoms with Gasteiger partial charge in [-0.15, -0.1) is 0 Å². The summed E-state index contributed by atoms with van der Waals surface area (Å²) in [4.78, 5) is 0. The van der Waals surface area contributed by atoms with Crippen molar-refractivity contribution in [3.8, 4) is 11.5 Å². The third-order valence-electron chi connectivity index (χ3n) is 2.62. The molecule has 0 aliphatic heterocycles. The Hall–Kier alpha value is -1.26. The van der Waals surface area contributed by atoms with Crippen molar-refractivity contribution in [1.29, 1.82) is 0 Å². The molecular weight excluding hydrogens is 230 g/mol. The second-order valence-electron chi connectivity index (χ2n) is 5.24. The topological polar surface area (TPSA) is 53.7 Å². The minimum atomic E-state index is -0.348. The molecule has 0 amide bonds. The van der Waals surface area contributed by atoms with E-state index in [4.69, 9.17) is 19.9 Å². The molecule has 1 aromatic rings. The lowest BCUT2D eigenvalue weighted by molar-refractivity contribution is -0.121. The lowest BCUT2D eigenvalue weighted by Crippen LogP contribution is -2.33. The summed E-state index contributed by atoms with van der Waals surface area (Å²) in [6.07, 6.45) is -0.348. The number of rotatable bonds is 5. The van der Waals surface area contributed by atoms with Crippen molar-refractivity contribution >= 4 is 0 Å². The van der Waals surface area contributed by atoms with Crippen LogP contribution in [-0.2, 0) is 11.3 Å². The molecule has 1 unspecified atom stereocenters. The van der Waals surface area contributed by atoms with Gasteiger partial charge in [0.2, 0.25) is 6.29 Å². The maximum absolute atomic E-state index is 5.89. The van der Waals surface area contributed by atoms with Crippen LogP contribution in [0.3, 0.4) is 0 Å². The molecule has 4 nitrogen and oxygen atoms in total. The number of methoxy groups -OCH3 is 2. The van der Waals surface area contributed by atoms with E-state index in [1.54, 1.807) is 14.2 Å². The maximum Gasteiger partial charge on any atom is 0.204 e. The number of nitrogens with two attached hydrogens (primary N) is 1. The predicted octanol–water partition coefficient (Wildman–Crippen LogP) is 2.55. The Balaban J connectivity index is 3.00. The number of hydrogen-bond acceptors (Lipinski definition) is 4. The smallest absolute Gasteiger partial charge is 0.204 e. The molecule has 18 heavy (non-hydrogen) atoms. The predicted molar refractivity (Wildman–Crippen MR) is 71.8 cm³/mol. The van der Waals surface area contributed by atoms with Crippen LogP contribution in [0.1, 0.15) is 26.3 Å². The van der Waals surface area contributed by atoms with Crippen LogP contribution in [-0.4, -0.2) is 20.5 Å². The van der Waals surface area contributed by atoms with Crippen molar-refractivity contribution < 1.29 is 14.2 Å². The van der Waals surface area contributed by atoms with E-state index in [2.05, 4.69) is 20.8 Å². The van der Waals surface area contributed by atoms with E-state index in [0.29, 0.717) is 18.0 Å². The molecule has 0 aliphatic carbocycles. The molecule has 0 bridgehead atoms. The van der Waals surface area contributed by atoms with Crippen molar-refractivity contribution in [1.82, 2.24) is 0 Å². The van der Waals surface area contributed by atoms with Crippen LogP contribution in [0.5, 0.6) is 11.5 Å². The molecule has 0 saturated carbocycles. The Morgan fingerprint density at radius 3 is 2.28 bits per heavy atom. The summed E-state index contributed by atoms with van der Waals surface area (Å²) in [6.45, 7) is 6.63. The minimum Gasteiger partial charge on any atom is -0.493 e. The van der Waals surface area contributed by atoms with Crippen LogP contribution in [0.15, 0.2) is 18.2 Å². The SMILES string of the molecule is COc1ccc(CN)cc1OC(OC)C(C)(C)C. The van der Waals surface area contributed by atoms with Crippen molar-refractivity contribution in [3.05, 3.63) is 23.8 Å². The van der Waals surface area contributed by atoms with Gasteiger partial charge in [-0.05, 0) is 17.7 Å². The quantitative estimate of drug-likeness (QED) is 0.819. The summed E-state index contributed by atoms with van der Waals surface area (Å²) in [5, 5.41) is 0. The molecule has 1 aromatic carbocycles. The minimum absolute atomic E-state index is 0.127. The van der Waals surface area contributed by atoms with Gasteiger partial charge >= 0.3 is 0 Å². The first-order valence-electron chi connectivity index (χ1n) is 5.98. The average molecular weight is 253 g/mol. The van der Waals surface area contributed by atoms with Gasteiger partial charge in [0.1, 0.15) is 0 Å². The molecule has 4 heteroatoms. The number of hydrogen-bond donors (Lipinski definition) is 1. The second-order valence-corrected chi connectivity index (χ2v) is 5.24. The highest BCUT2D eigenvalue weighted by molar-refractivity contribution is 5.43. The monoisotopic (exact) mass is 253 g/mol. The fourth-order valence-corrected chi connectivity index (χ4v) is 1.63. The van der Waals surface area contributed by atoms with Gasteiger partial charge in [-0.1, -0.05) is 26.8 Å². The van der Waals surface area contributed by atoms with E-state index in [1.165, 1.54) is 0 Å². The Morgan fingerprint density at radius 2 is 1.83 bits per heavy atom. The Labute approximate surface area is 109 Å². The van der Waals surface area contributed by atoms with Crippen molar-refractivity contribution in [2.24, 2.45) is 11.1 Å². The van der Waals surface area contributed by atoms with Crippen LogP contribution in [0.25, 0.3) is 0 Å². The first kappa shape index (κ1) is 14.8. The van der Waals surface area contributed by atoms with E-state index < -0.39 is 0 Å². The maximum atomic E-state index is 5.89.